The van der Waals surface area contributed by atoms with Gasteiger partial charge >= 0.3 is 0 Å². The van der Waals surface area contributed by atoms with E-state index in [4.69, 9.17) is 0 Å². The van der Waals surface area contributed by atoms with Crippen molar-refractivity contribution in [1.29, 1.82) is 0 Å². The number of aromatic nitrogens is 2. The van der Waals surface area contributed by atoms with Gasteiger partial charge in [0.05, 0.1) is 5.60 Å². The van der Waals surface area contributed by atoms with Crippen LogP contribution in [0.4, 0.5) is 0 Å². The normalized spacial score (nSPS) is 28.2. The molecule has 0 bridgehead atoms. The lowest BCUT2D eigenvalue weighted by Gasteiger charge is -2.46. The van der Waals surface area contributed by atoms with Crippen LogP contribution in [0.5, 0.6) is 0 Å². The zero-order chi connectivity index (χ0) is 12.5. The smallest absolute Gasteiger partial charge is 0.108 e. The third-order valence-corrected chi connectivity index (χ3v) is 4.59. The molecule has 1 aliphatic carbocycles. The maximum Gasteiger partial charge on any atom is 0.108 e. The van der Waals surface area contributed by atoms with Crippen molar-refractivity contribution in [2.45, 2.75) is 58.0 Å². The Balaban J connectivity index is 2.04. The van der Waals surface area contributed by atoms with Crippen LogP contribution in [0.25, 0.3) is 0 Å². The summed E-state index contributed by atoms with van der Waals surface area (Å²) in [6.45, 7) is 4.40. The van der Waals surface area contributed by atoms with E-state index in [9.17, 15) is 5.11 Å². The average Bonchev–Trinajstić information content (AvgIpc) is 2.66. The molecule has 1 unspecified atom stereocenters. The van der Waals surface area contributed by atoms with Crippen LogP contribution in [0.3, 0.4) is 0 Å². The number of imidazole rings is 1. The van der Waals surface area contributed by atoms with Crippen molar-refractivity contribution in [1.82, 2.24) is 9.55 Å². The molecule has 1 N–H and O–H groups in total. The minimum atomic E-state index is -0.517. The second kappa shape index (κ2) is 4.45. The average molecular weight is 236 g/mol. The van der Waals surface area contributed by atoms with Crippen LogP contribution in [0.1, 0.15) is 51.8 Å². The summed E-state index contributed by atoms with van der Waals surface area (Å²) in [6.07, 6.45) is 9.94. The third kappa shape index (κ3) is 2.39. The highest BCUT2D eigenvalue weighted by atomic mass is 16.3. The van der Waals surface area contributed by atoms with E-state index in [0.717, 1.165) is 37.9 Å². The zero-order valence-corrected chi connectivity index (χ0v) is 11.2. The van der Waals surface area contributed by atoms with Crippen LogP contribution < -0.4 is 0 Å². The van der Waals surface area contributed by atoms with Crippen molar-refractivity contribution in [3.63, 3.8) is 0 Å². The first-order valence-electron chi connectivity index (χ1n) is 6.63. The number of hydrogen-bond donors (Lipinski definition) is 1. The first-order valence-corrected chi connectivity index (χ1v) is 6.63. The molecule has 3 nitrogen and oxygen atoms in total. The molecule has 0 amide bonds. The first kappa shape index (κ1) is 12.6. The molecule has 17 heavy (non-hydrogen) atoms. The molecule has 3 heteroatoms. The van der Waals surface area contributed by atoms with Gasteiger partial charge in [0.15, 0.2) is 0 Å². The van der Waals surface area contributed by atoms with E-state index in [2.05, 4.69) is 18.8 Å². The van der Waals surface area contributed by atoms with Gasteiger partial charge in [-0.15, -0.1) is 0 Å². The monoisotopic (exact) mass is 236 g/mol. The summed E-state index contributed by atoms with van der Waals surface area (Å²) in [5.41, 5.74) is -0.479. The lowest BCUT2D eigenvalue weighted by Crippen LogP contribution is -2.47. The Labute approximate surface area is 104 Å². The lowest BCUT2D eigenvalue weighted by atomic mass is 9.63. The van der Waals surface area contributed by atoms with Crippen molar-refractivity contribution in [3.8, 4) is 0 Å². The Bertz CT molecular complexity index is 383. The molecule has 0 aromatic carbocycles. The molecule has 0 saturated heterocycles. The Morgan fingerprint density at radius 1 is 1.35 bits per heavy atom. The topological polar surface area (TPSA) is 38.0 Å². The second-order valence-corrected chi connectivity index (χ2v) is 6.08. The summed E-state index contributed by atoms with van der Waals surface area (Å²) >= 11 is 0. The Morgan fingerprint density at radius 2 is 2.06 bits per heavy atom. The summed E-state index contributed by atoms with van der Waals surface area (Å²) in [5, 5.41) is 10.9. The molecule has 96 valence electrons. The standard InChI is InChI=1S/C14H24N2O/c1-13(2)7-4-5-8-14(13,17)9-6-12-15-10-11-16(12)3/h10-11,17H,4-9H2,1-3H3. The molecule has 1 aliphatic rings. The molecule has 1 saturated carbocycles. The van der Waals surface area contributed by atoms with E-state index in [1.807, 2.05) is 24.0 Å². The van der Waals surface area contributed by atoms with Gasteiger partial charge in [0.2, 0.25) is 0 Å². The van der Waals surface area contributed by atoms with E-state index in [1.165, 1.54) is 6.42 Å². The van der Waals surface area contributed by atoms with E-state index < -0.39 is 5.60 Å². The van der Waals surface area contributed by atoms with Crippen molar-refractivity contribution in [2.24, 2.45) is 12.5 Å². The van der Waals surface area contributed by atoms with E-state index in [-0.39, 0.29) is 5.41 Å². The summed E-state index contributed by atoms with van der Waals surface area (Å²) in [4.78, 5) is 4.33. The number of hydrogen-bond acceptors (Lipinski definition) is 2. The Morgan fingerprint density at radius 3 is 2.65 bits per heavy atom. The van der Waals surface area contributed by atoms with Crippen molar-refractivity contribution in [3.05, 3.63) is 18.2 Å². The van der Waals surface area contributed by atoms with Crippen molar-refractivity contribution >= 4 is 0 Å². The van der Waals surface area contributed by atoms with Crippen LogP contribution >= 0.6 is 0 Å². The zero-order valence-electron chi connectivity index (χ0n) is 11.2. The fourth-order valence-electron chi connectivity index (χ4n) is 2.97. The number of rotatable bonds is 3. The fourth-order valence-corrected chi connectivity index (χ4v) is 2.97. The maximum absolute atomic E-state index is 10.9. The van der Waals surface area contributed by atoms with Gasteiger partial charge in [-0.1, -0.05) is 26.7 Å². The molecule has 1 aromatic heterocycles. The summed E-state index contributed by atoms with van der Waals surface area (Å²) in [5.74, 6) is 1.07. The van der Waals surface area contributed by atoms with Gasteiger partial charge < -0.3 is 9.67 Å². The highest BCUT2D eigenvalue weighted by Crippen LogP contribution is 2.46. The number of aryl methyl sites for hydroxylation is 2. The minimum Gasteiger partial charge on any atom is -0.389 e. The molecular weight excluding hydrogens is 212 g/mol. The minimum absolute atomic E-state index is 0.0381. The lowest BCUT2D eigenvalue weighted by molar-refractivity contribution is -0.102. The van der Waals surface area contributed by atoms with Crippen LogP contribution in [-0.2, 0) is 13.5 Å². The van der Waals surface area contributed by atoms with Crippen molar-refractivity contribution in [2.75, 3.05) is 0 Å². The van der Waals surface area contributed by atoms with Gasteiger partial charge in [0.25, 0.3) is 0 Å². The van der Waals surface area contributed by atoms with Crippen LogP contribution in [0, 0.1) is 5.41 Å². The molecule has 0 aliphatic heterocycles. The SMILES string of the molecule is Cn1ccnc1CCC1(O)CCCCC1(C)C. The van der Waals surface area contributed by atoms with Crippen LogP contribution in [0.15, 0.2) is 12.4 Å². The molecule has 1 aromatic rings. The van der Waals surface area contributed by atoms with Crippen LogP contribution in [0.2, 0.25) is 0 Å². The van der Waals surface area contributed by atoms with Gasteiger partial charge in [-0.25, -0.2) is 4.98 Å². The number of aliphatic hydroxyl groups is 1. The van der Waals surface area contributed by atoms with Gasteiger partial charge in [0, 0.05) is 25.9 Å². The summed E-state index contributed by atoms with van der Waals surface area (Å²) < 4.78 is 2.04. The van der Waals surface area contributed by atoms with E-state index in [1.54, 1.807) is 0 Å². The summed E-state index contributed by atoms with van der Waals surface area (Å²) in [6, 6.07) is 0. The predicted molar refractivity (Wildman–Crippen MR) is 68.7 cm³/mol. The van der Waals surface area contributed by atoms with Gasteiger partial charge in [-0.2, -0.15) is 0 Å². The quantitative estimate of drug-likeness (QED) is 0.876. The largest absolute Gasteiger partial charge is 0.389 e. The Hall–Kier alpha value is -0.830. The molecule has 0 radical (unpaired) electrons. The van der Waals surface area contributed by atoms with E-state index >= 15 is 0 Å². The van der Waals surface area contributed by atoms with Gasteiger partial charge in [0.1, 0.15) is 5.82 Å². The molecule has 2 rings (SSSR count). The molecule has 1 atom stereocenters. The molecule has 1 fully saturated rings. The highest BCUT2D eigenvalue weighted by Gasteiger charge is 2.44. The Kier molecular flexibility index (Phi) is 3.30. The predicted octanol–water partition coefficient (Wildman–Crippen LogP) is 2.68. The highest BCUT2D eigenvalue weighted by molar-refractivity contribution is 5.00. The van der Waals surface area contributed by atoms with E-state index in [0.29, 0.717) is 0 Å². The van der Waals surface area contributed by atoms with Crippen molar-refractivity contribution < 1.29 is 5.11 Å². The third-order valence-electron chi connectivity index (χ3n) is 4.59. The first-order chi connectivity index (χ1) is 7.95. The number of nitrogens with zero attached hydrogens (tertiary/aromatic N) is 2. The van der Waals surface area contributed by atoms with Crippen LogP contribution in [-0.4, -0.2) is 20.3 Å². The second-order valence-electron chi connectivity index (χ2n) is 6.08. The van der Waals surface area contributed by atoms with Gasteiger partial charge in [-0.3, -0.25) is 0 Å². The maximum atomic E-state index is 10.9. The fraction of sp³-hybridized carbons (Fsp3) is 0.786. The molecule has 0 spiro atoms. The van der Waals surface area contributed by atoms with Gasteiger partial charge in [-0.05, 0) is 24.7 Å². The summed E-state index contributed by atoms with van der Waals surface area (Å²) in [7, 11) is 2.01. The molecular formula is C14H24N2O. The molecule has 1 heterocycles.